The standard InChI is InChI=1S/C14H13Cl2NO2/c1-8-9(6-7-12(15)16)14(18)10-4-3-5-11(19-2)13(10)17-8/h3-5,7H,6H2,1-2H3,(H,17,18). The van der Waals surface area contributed by atoms with E-state index in [1.165, 1.54) is 0 Å². The smallest absolute Gasteiger partial charge is 0.193 e. The summed E-state index contributed by atoms with van der Waals surface area (Å²) in [6.07, 6.45) is 2.00. The highest BCUT2D eigenvalue weighted by Crippen LogP contribution is 2.22. The van der Waals surface area contributed by atoms with Crippen LogP contribution in [0.15, 0.2) is 33.6 Å². The molecule has 0 saturated heterocycles. The molecule has 1 heterocycles. The highest BCUT2D eigenvalue weighted by molar-refractivity contribution is 6.55. The molecule has 0 amide bonds. The van der Waals surface area contributed by atoms with Crippen LogP contribution in [0.4, 0.5) is 0 Å². The van der Waals surface area contributed by atoms with Crippen LogP contribution in [0.2, 0.25) is 0 Å². The third kappa shape index (κ3) is 2.77. The molecular formula is C14H13Cl2NO2. The topological polar surface area (TPSA) is 42.1 Å². The van der Waals surface area contributed by atoms with Crippen molar-refractivity contribution in [2.75, 3.05) is 7.11 Å². The first-order valence-electron chi connectivity index (χ1n) is 5.74. The highest BCUT2D eigenvalue weighted by Gasteiger charge is 2.11. The molecule has 2 aromatic rings. The van der Waals surface area contributed by atoms with Crippen molar-refractivity contribution in [3.05, 3.63) is 50.2 Å². The van der Waals surface area contributed by atoms with E-state index in [2.05, 4.69) is 4.98 Å². The number of H-pyrrole nitrogens is 1. The molecule has 1 aromatic carbocycles. The summed E-state index contributed by atoms with van der Waals surface area (Å²) in [6.45, 7) is 1.85. The number of halogens is 2. The molecule has 0 radical (unpaired) electrons. The minimum absolute atomic E-state index is 0.0315. The Morgan fingerprint density at radius 1 is 1.42 bits per heavy atom. The van der Waals surface area contributed by atoms with E-state index in [-0.39, 0.29) is 9.92 Å². The molecule has 19 heavy (non-hydrogen) atoms. The van der Waals surface area contributed by atoms with Gasteiger partial charge in [-0.05, 0) is 31.6 Å². The van der Waals surface area contributed by atoms with E-state index < -0.39 is 0 Å². The van der Waals surface area contributed by atoms with E-state index in [4.69, 9.17) is 27.9 Å². The Labute approximate surface area is 120 Å². The molecule has 1 aromatic heterocycles. The molecule has 0 fully saturated rings. The zero-order valence-electron chi connectivity index (χ0n) is 10.6. The number of nitrogens with one attached hydrogen (secondary N) is 1. The maximum Gasteiger partial charge on any atom is 0.193 e. The summed E-state index contributed by atoms with van der Waals surface area (Å²) in [5.41, 5.74) is 2.11. The fourth-order valence-electron chi connectivity index (χ4n) is 2.04. The lowest BCUT2D eigenvalue weighted by Crippen LogP contribution is -2.13. The largest absolute Gasteiger partial charge is 0.495 e. The number of methoxy groups -OCH3 is 1. The fourth-order valence-corrected chi connectivity index (χ4v) is 2.19. The first kappa shape index (κ1) is 14.0. The van der Waals surface area contributed by atoms with Crippen molar-refractivity contribution in [2.45, 2.75) is 13.3 Å². The van der Waals surface area contributed by atoms with E-state index in [9.17, 15) is 4.79 Å². The van der Waals surface area contributed by atoms with E-state index >= 15 is 0 Å². The van der Waals surface area contributed by atoms with Gasteiger partial charge in [-0.1, -0.05) is 29.3 Å². The van der Waals surface area contributed by atoms with Gasteiger partial charge in [-0.3, -0.25) is 4.79 Å². The normalized spacial score (nSPS) is 10.5. The second-order valence-corrected chi connectivity index (χ2v) is 5.15. The Hall–Kier alpha value is -1.45. The van der Waals surface area contributed by atoms with Gasteiger partial charge in [0.1, 0.15) is 10.2 Å². The fraction of sp³-hybridized carbons (Fsp3) is 0.214. The molecule has 100 valence electrons. The van der Waals surface area contributed by atoms with Crippen molar-refractivity contribution in [3.8, 4) is 5.75 Å². The number of aromatic amines is 1. The van der Waals surface area contributed by atoms with Gasteiger partial charge in [0.2, 0.25) is 0 Å². The first-order chi connectivity index (χ1) is 9.04. The van der Waals surface area contributed by atoms with Gasteiger partial charge in [0, 0.05) is 16.6 Å². The summed E-state index contributed by atoms with van der Waals surface area (Å²) in [5.74, 6) is 0.648. The van der Waals surface area contributed by atoms with Crippen molar-refractivity contribution in [1.29, 1.82) is 0 Å². The summed E-state index contributed by atoms with van der Waals surface area (Å²) in [5, 5.41) is 0.596. The van der Waals surface area contributed by atoms with E-state index in [1.54, 1.807) is 25.3 Å². The highest BCUT2D eigenvalue weighted by atomic mass is 35.5. The minimum atomic E-state index is -0.0315. The van der Waals surface area contributed by atoms with Crippen molar-refractivity contribution >= 4 is 34.1 Å². The van der Waals surface area contributed by atoms with Gasteiger partial charge in [-0.2, -0.15) is 0 Å². The number of benzene rings is 1. The summed E-state index contributed by atoms with van der Waals surface area (Å²) in [6, 6.07) is 5.37. The lowest BCUT2D eigenvalue weighted by molar-refractivity contribution is 0.419. The van der Waals surface area contributed by atoms with Gasteiger partial charge in [0.25, 0.3) is 0 Å². The molecule has 0 aliphatic carbocycles. The van der Waals surface area contributed by atoms with Crippen molar-refractivity contribution < 1.29 is 4.74 Å². The lowest BCUT2D eigenvalue weighted by atomic mass is 10.1. The summed E-state index contributed by atoms with van der Waals surface area (Å²) < 4.78 is 5.41. The lowest BCUT2D eigenvalue weighted by Gasteiger charge is -2.09. The second kappa shape index (κ2) is 5.68. The van der Waals surface area contributed by atoms with Gasteiger partial charge in [-0.15, -0.1) is 0 Å². The molecular weight excluding hydrogens is 285 g/mol. The van der Waals surface area contributed by atoms with Crippen molar-refractivity contribution in [3.63, 3.8) is 0 Å². The van der Waals surface area contributed by atoms with Gasteiger partial charge < -0.3 is 9.72 Å². The Balaban J connectivity index is 2.69. The third-order valence-electron chi connectivity index (χ3n) is 2.99. The predicted molar refractivity (Wildman–Crippen MR) is 79.4 cm³/mol. The van der Waals surface area contributed by atoms with Gasteiger partial charge >= 0.3 is 0 Å². The quantitative estimate of drug-likeness (QED) is 0.938. The van der Waals surface area contributed by atoms with Gasteiger partial charge in [0.15, 0.2) is 5.43 Å². The molecule has 0 aliphatic rings. The Kier molecular flexibility index (Phi) is 4.17. The number of allylic oxidation sites excluding steroid dienone is 1. The predicted octanol–water partition coefficient (Wildman–Crippen LogP) is 3.71. The van der Waals surface area contributed by atoms with Gasteiger partial charge in [0.05, 0.1) is 12.6 Å². The van der Waals surface area contributed by atoms with Crippen LogP contribution in [-0.4, -0.2) is 12.1 Å². The number of para-hydroxylation sites is 1. The summed E-state index contributed by atoms with van der Waals surface area (Å²) in [4.78, 5) is 15.6. The van der Waals surface area contributed by atoms with E-state index in [0.717, 1.165) is 5.69 Å². The van der Waals surface area contributed by atoms with Crippen LogP contribution < -0.4 is 10.2 Å². The third-order valence-corrected chi connectivity index (χ3v) is 3.30. The summed E-state index contributed by atoms with van der Waals surface area (Å²) >= 11 is 11.2. The van der Waals surface area contributed by atoms with Crippen LogP contribution in [0.5, 0.6) is 5.75 Å². The van der Waals surface area contributed by atoms with E-state index in [0.29, 0.717) is 28.6 Å². The van der Waals surface area contributed by atoms with Crippen LogP contribution in [0.3, 0.4) is 0 Å². The molecule has 0 aliphatic heterocycles. The second-order valence-electron chi connectivity index (χ2n) is 4.14. The monoisotopic (exact) mass is 297 g/mol. The maximum atomic E-state index is 12.4. The zero-order valence-corrected chi connectivity index (χ0v) is 12.1. The molecule has 2 rings (SSSR count). The molecule has 0 unspecified atom stereocenters. The molecule has 3 nitrogen and oxygen atoms in total. The Bertz CT molecular complexity index is 700. The van der Waals surface area contributed by atoms with Crippen molar-refractivity contribution in [1.82, 2.24) is 4.98 Å². The Morgan fingerprint density at radius 2 is 2.16 bits per heavy atom. The maximum absolute atomic E-state index is 12.4. The molecule has 0 bridgehead atoms. The van der Waals surface area contributed by atoms with Crippen LogP contribution in [0.25, 0.3) is 10.9 Å². The number of hydrogen-bond acceptors (Lipinski definition) is 2. The molecule has 0 atom stereocenters. The number of aryl methyl sites for hydroxylation is 1. The Morgan fingerprint density at radius 3 is 2.79 bits per heavy atom. The molecule has 0 saturated carbocycles. The van der Waals surface area contributed by atoms with Gasteiger partial charge in [-0.25, -0.2) is 0 Å². The molecule has 1 N–H and O–H groups in total. The number of rotatable bonds is 3. The van der Waals surface area contributed by atoms with Crippen LogP contribution >= 0.6 is 23.2 Å². The average Bonchev–Trinajstić information content (AvgIpc) is 2.37. The first-order valence-corrected chi connectivity index (χ1v) is 6.49. The number of fused-ring (bicyclic) bond motifs is 1. The number of ether oxygens (including phenoxy) is 1. The SMILES string of the molecule is COc1cccc2c(=O)c(CC=C(Cl)Cl)c(C)[nH]c12. The van der Waals surface area contributed by atoms with E-state index in [1.807, 2.05) is 13.0 Å². The van der Waals surface area contributed by atoms with Crippen LogP contribution in [-0.2, 0) is 6.42 Å². The average molecular weight is 298 g/mol. The number of hydrogen-bond donors (Lipinski definition) is 1. The summed E-state index contributed by atoms with van der Waals surface area (Å²) in [7, 11) is 1.58. The molecule has 5 heteroatoms. The minimum Gasteiger partial charge on any atom is -0.495 e. The number of aromatic nitrogens is 1. The molecule has 0 spiro atoms. The zero-order chi connectivity index (χ0) is 14.0. The van der Waals surface area contributed by atoms with Crippen molar-refractivity contribution in [2.24, 2.45) is 0 Å². The van der Waals surface area contributed by atoms with Crippen LogP contribution in [0, 0.1) is 6.92 Å². The number of pyridine rings is 1. The van der Waals surface area contributed by atoms with Crippen LogP contribution in [0.1, 0.15) is 11.3 Å².